The summed E-state index contributed by atoms with van der Waals surface area (Å²) in [6, 6.07) is 2.72. The molecule has 1 saturated heterocycles. The SMILES string of the molecule is CC1(NS(=O)(=O)c2c(Cl)cc(Cl)cc2Cl)CCNC1. The average Bonchev–Trinajstić information content (AvgIpc) is 2.60. The van der Waals surface area contributed by atoms with Gasteiger partial charge in [0.25, 0.3) is 0 Å². The van der Waals surface area contributed by atoms with Crippen molar-refractivity contribution in [2.45, 2.75) is 23.8 Å². The van der Waals surface area contributed by atoms with Crippen LogP contribution in [0.5, 0.6) is 0 Å². The molecule has 0 spiro atoms. The van der Waals surface area contributed by atoms with Gasteiger partial charge in [0, 0.05) is 17.1 Å². The maximum absolute atomic E-state index is 12.4. The van der Waals surface area contributed by atoms with E-state index in [1.54, 1.807) is 0 Å². The van der Waals surface area contributed by atoms with E-state index in [-0.39, 0.29) is 14.9 Å². The summed E-state index contributed by atoms with van der Waals surface area (Å²) in [4.78, 5) is -0.131. The quantitative estimate of drug-likeness (QED) is 0.887. The minimum Gasteiger partial charge on any atom is -0.315 e. The smallest absolute Gasteiger partial charge is 0.244 e. The van der Waals surface area contributed by atoms with Crippen LogP contribution in [0.2, 0.25) is 15.1 Å². The van der Waals surface area contributed by atoms with E-state index in [4.69, 9.17) is 34.8 Å². The maximum Gasteiger partial charge on any atom is 0.244 e. The lowest BCUT2D eigenvalue weighted by Crippen LogP contribution is -2.47. The van der Waals surface area contributed by atoms with Gasteiger partial charge in [0.05, 0.1) is 10.0 Å². The molecule has 0 saturated carbocycles. The molecule has 4 nitrogen and oxygen atoms in total. The third-order valence-electron chi connectivity index (χ3n) is 2.98. The van der Waals surface area contributed by atoms with Crippen molar-refractivity contribution in [1.29, 1.82) is 0 Å². The highest BCUT2D eigenvalue weighted by molar-refractivity contribution is 7.89. The molecule has 1 aromatic rings. The number of nitrogens with one attached hydrogen (secondary N) is 2. The number of hydrogen-bond donors (Lipinski definition) is 2. The van der Waals surface area contributed by atoms with Crippen LogP contribution in [0.15, 0.2) is 17.0 Å². The number of halogens is 3. The van der Waals surface area contributed by atoms with Crippen molar-refractivity contribution in [3.63, 3.8) is 0 Å². The van der Waals surface area contributed by atoms with E-state index in [1.165, 1.54) is 12.1 Å². The van der Waals surface area contributed by atoms with E-state index in [0.717, 1.165) is 6.54 Å². The van der Waals surface area contributed by atoms with Crippen LogP contribution in [0.4, 0.5) is 0 Å². The van der Waals surface area contributed by atoms with Crippen LogP contribution < -0.4 is 10.0 Å². The molecule has 8 heteroatoms. The Balaban J connectivity index is 2.40. The van der Waals surface area contributed by atoms with E-state index in [9.17, 15) is 8.42 Å². The Bertz CT molecular complexity index is 575. The fraction of sp³-hybridized carbons (Fsp3) is 0.455. The molecule has 1 heterocycles. The normalized spacial score (nSPS) is 23.8. The molecular weight excluding hydrogens is 331 g/mol. The van der Waals surface area contributed by atoms with Gasteiger partial charge in [-0.05, 0) is 32.0 Å². The highest BCUT2D eigenvalue weighted by atomic mass is 35.5. The van der Waals surface area contributed by atoms with Crippen LogP contribution in [0.25, 0.3) is 0 Å². The number of sulfonamides is 1. The Morgan fingerprint density at radius 2 is 1.84 bits per heavy atom. The molecule has 1 fully saturated rings. The fourth-order valence-electron chi connectivity index (χ4n) is 2.07. The van der Waals surface area contributed by atoms with Gasteiger partial charge in [0.2, 0.25) is 10.0 Å². The first-order valence-electron chi connectivity index (χ1n) is 5.63. The van der Waals surface area contributed by atoms with E-state index in [2.05, 4.69) is 10.0 Å². The second-order valence-corrected chi connectivity index (χ2v) is 7.66. The minimum absolute atomic E-state index is 0.0135. The molecule has 106 valence electrons. The van der Waals surface area contributed by atoms with Crippen LogP contribution in [0.1, 0.15) is 13.3 Å². The topological polar surface area (TPSA) is 58.2 Å². The molecule has 0 bridgehead atoms. The molecule has 1 unspecified atom stereocenters. The molecule has 1 aromatic carbocycles. The minimum atomic E-state index is -3.79. The van der Waals surface area contributed by atoms with E-state index >= 15 is 0 Å². The molecule has 1 aliphatic rings. The summed E-state index contributed by atoms with van der Waals surface area (Å²) in [5.41, 5.74) is -0.537. The second kappa shape index (κ2) is 5.39. The Labute approximate surface area is 127 Å². The number of rotatable bonds is 3. The van der Waals surface area contributed by atoms with Crippen molar-refractivity contribution in [1.82, 2.24) is 10.0 Å². The van der Waals surface area contributed by atoms with Gasteiger partial charge in [-0.15, -0.1) is 0 Å². The summed E-state index contributed by atoms with van der Waals surface area (Å²) < 4.78 is 27.4. The highest BCUT2D eigenvalue weighted by Crippen LogP contribution is 2.33. The van der Waals surface area contributed by atoms with Crippen molar-refractivity contribution < 1.29 is 8.42 Å². The predicted octanol–water partition coefficient (Wildman–Crippen LogP) is 2.68. The molecule has 19 heavy (non-hydrogen) atoms. The van der Waals surface area contributed by atoms with Gasteiger partial charge >= 0.3 is 0 Å². The molecular formula is C11H13Cl3N2O2S. The molecule has 0 aliphatic carbocycles. The molecule has 2 rings (SSSR count). The summed E-state index contributed by atoms with van der Waals surface area (Å²) in [5.74, 6) is 0. The largest absolute Gasteiger partial charge is 0.315 e. The molecule has 0 radical (unpaired) electrons. The van der Waals surface area contributed by atoms with Crippen molar-refractivity contribution in [3.05, 3.63) is 27.2 Å². The van der Waals surface area contributed by atoms with E-state index < -0.39 is 15.6 Å². The summed E-state index contributed by atoms with van der Waals surface area (Å²) in [5, 5.41) is 3.43. The van der Waals surface area contributed by atoms with Crippen LogP contribution in [0, 0.1) is 0 Å². The van der Waals surface area contributed by atoms with Gasteiger partial charge < -0.3 is 5.32 Å². The zero-order valence-electron chi connectivity index (χ0n) is 10.1. The van der Waals surface area contributed by atoms with Gasteiger partial charge in [-0.3, -0.25) is 0 Å². The second-order valence-electron chi connectivity index (χ2n) is 4.79. The standard InChI is InChI=1S/C11H13Cl3N2O2S/c1-11(2-3-15-6-11)16-19(17,18)10-8(13)4-7(12)5-9(10)14/h4-5,15-16H,2-3,6H2,1H3. The van der Waals surface area contributed by atoms with Gasteiger partial charge in [-0.1, -0.05) is 34.8 Å². The molecule has 2 N–H and O–H groups in total. The highest BCUT2D eigenvalue weighted by Gasteiger charge is 2.35. The van der Waals surface area contributed by atoms with Crippen LogP contribution in [-0.4, -0.2) is 27.0 Å². The lowest BCUT2D eigenvalue weighted by atomic mass is 10.0. The molecule has 0 amide bonds. The molecule has 0 aromatic heterocycles. The zero-order valence-corrected chi connectivity index (χ0v) is 13.2. The Morgan fingerprint density at radius 1 is 1.26 bits per heavy atom. The summed E-state index contributed by atoms with van der Waals surface area (Å²) in [6.45, 7) is 3.17. The van der Waals surface area contributed by atoms with Gasteiger partial charge in [-0.2, -0.15) is 0 Å². The lowest BCUT2D eigenvalue weighted by Gasteiger charge is -2.24. The van der Waals surface area contributed by atoms with Crippen molar-refractivity contribution >= 4 is 44.8 Å². The van der Waals surface area contributed by atoms with E-state index in [0.29, 0.717) is 18.0 Å². The third-order valence-corrected chi connectivity index (χ3v) is 5.76. The summed E-state index contributed by atoms with van der Waals surface area (Å²) >= 11 is 17.7. The fourth-order valence-corrected chi connectivity index (χ4v) is 5.05. The summed E-state index contributed by atoms with van der Waals surface area (Å²) in [7, 11) is -3.79. The monoisotopic (exact) mass is 342 g/mol. The molecule has 1 aliphatic heterocycles. The number of benzene rings is 1. The van der Waals surface area contributed by atoms with Crippen LogP contribution >= 0.6 is 34.8 Å². The van der Waals surface area contributed by atoms with Crippen molar-refractivity contribution in [3.8, 4) is 0 Å². The Hall–Kier alpha value is -0.0400. The number of hydrogen-bond acceptors (Lipinski definition) is 3. The van der Waals surface area contributed by atoms with Gasteiger partial charge in [-0.25, -0.2) is 13.1 Å². The van der Waals surface area contributed by atoms with E-state index in [1.807, 2.05) is 6.92 Å². The third kappa shape index (κ3) is 3.35. The first-order valence-corrected chi connectivity index (χ1v) is 8.24. The Kier molecular flexibility index (Phi) is 4.35. The predicted molar refractivity (Wildman–Crippen MR) is 77.7 cm³/mol. The van der Waals surface area contributed by atoms with Crippen molar-refractivity contribution in [2.24, 2.45) is 0 Å². The first-order chi connectivity index (χ1) is 8.73. The summed E-state index contributed by atoms with van der Waals surface area (Å²) in [6.07, 6.45) is 0.703. The zero-order chi connectivity index (χ0) is 14.3. The first kappa shape index (κ1) is 15.4. The maximum atomic E-state index is 12.4. The van der Waals surface area contributed by atoms with Crippen LogP contribution in [-0.2, 0) is 10.0 Å². The molecule has 1 atom stereocenters. The lowest BCUT2D eigenvalue weighted by molar-refractivity contribution is 0.452. The van der Waals surface area contributed by atoms with Crippen LogP contribution in [0.3, 0.4) is 0 Å². The average molecular weight is 344 g/mol. The Morgan fingerprint density at radius 3 is 2.32 bits per heavy atom. The van der Waals surface area contributed by atoms with Gasteiger partial charge in [0.15, 0.2) is 0 Å². The van der Waals surface area contributed by atoms with Crippen molar-refractivity contribution in [2.75, 3.05) is 13.1 Å². The van der Waals surface area contributed by atoms with Gasteiger partial charge in [0.1, 0.15) is 4.90 Å².